The number of nitrogens with zero attached hydrogens (tertiary/aromatic N) is 1. The Morgan fingerprint density at radius 3 is 2.63 bits per heavy atom. The number of aromatic amines is 1. The van der Waals surface area contributed by atoms with Gasteiger partial charge in [-0.3, -0.25) is 9.89 Å². The van der Waals surface area contributed by atoms with E-state index in [1.165, 1.54) is 0 Å². The second kappa shape index (κ2) is 4.20. The van der Waals surface area contributed by atoms with Crippen molar-refractivity contribution in [1.82, 2.24) is 10.2 Å². The molecule has 98 valence electrons. The van der Waals surface area contributed by atoms with Crippen molar-refractivity contribution in [2.75, 3.05) is 0 Å². The van der Waals surface area contributed by atoms with Crippen molar-refractivity contribution in [1.29, 1.82) is 0 Å². The van der Waals surface area contributed by atoms with Crippen LogP contribution in [0.5, 0.6) is 0 Å². The van der Waals surface area contributed by atoms with Crippen LogP contribution < -0.4 is 5.73 Å². The molecular formula is C14H15N3O2. The van der Waals surface area contributed by atoms with Gasteiger partial charge in [0.25, 0.3) is 0 Å². The number of hydrogen-bond acceptors (Lipinski definition) is 3. The molecule has 1 heterocycles. The molecule has 1 aromatic carbocycles. The first kappa shape index (κ1) is 11.9. The van der Waals surface area contributed by atoms with Crippen molar-refractivity contribution in [3.8, 4) is 11.3 Å². The number of carbonyl (C=O) groups is 1. The lowest BCUT2D eigenvalue weighted by molar-refractivity contribution is -0.148. The molecule has 0 saturated heterocycles. The summed E-state index contributed by atoms with van der Waals surface area (Å²) in [7, 11) is 0. The first-order valence-electron chi connectivity index (χ1n) is 6.22. The SMILES string of the molecule is NC1CC(C(=O)O)(c2cn[nH]c2-c2ccccc2)C1. The molecule has 0 radical (unpaired) electrons. The highest BCUT2D eigenvalue weighted by Gasteiger charge is 2.52. The Kier molecular flexibility index (Phi) is 2.64. The molecule has 5 heteroatoms. The van der Waals surface area contributed by atoms with Crippen LogP contribution in [0.25, 0.3) is 11.3 Å². The van der Waals surface area contributed by atoms with E-state index in [1.54, 1.807) is 6.20 Å². The Morgan fingerprint density at radius 2 is 2.05 bits per heavy atom. The Bertz CT molecular complexity index is 600. The van der Waals surface area contributed by atoms with E-state index in [0.717, 1.165) is 16.8 Å². The fraction of sp³-hybridized carbons (Fsp3) is 0.286. The Labute approximate surface area is 110 Å². The predicted molar refractivity (Wildman–Crippen MR) is 70.5 cm³/mol. The van der Waals surface area contributed by atoms with Crippen LogP contribution in [0.15, 0.2) is 36.5 Å². The molecule has 0 bridgehead atoms. The molecule has 0 unspecified atom stereocenters. The zero-order chi connectivity index (χ0) is 13.5. The first-order chi connectivity index (χ1) is 9.13. The summed E-state index contributed by atoms with van der Waals surface area (Å²) < 4.78 is 0. The van der Waals surface area contributed by atoms with Gasteiger partial charge in [0, 0.05) is 11.6 Å². The summed E-state index contributed by atoms with van der Waals surface area (Å²) in [6, 6.07) is 9.58. The van der Waals surface area contributed by atoms with Crippen molar-refractivity contribution in [2.24, 2.45) is 5.73 Å². The quantitative estimate of drug-likeness (QED) is 0.777. The fourth-order valence-electron chi connectivity index (χ4n) is 2.82. The van der Waals surface area contributed by atoms with Crippen molar-refractivity contribution >= 4 is 5.97 Å². The van der Waals surface area contributed by atoms with Crippen molar-refractivity contribution in [3.63, 3.8) is 0 Å². The molecule has 19 heavy (non-hydrogen) atoms. The van der Waals surface area contributed by atoms with Gasteiger partial charge in [0.2, 0.25) is 0 Å². The minimum atomic E-state index is -0.891. The van der Waals surface area contributed by atoms with E-state index in [4.69, 9.17) is 5.73 Å². The van der Waals surface area contributed by atoms with Gasteiger partial charge >= 0.3 is 5.97 Å². The predicted octanol–water partition coefficient (Wildman–Crippen LogP) is 1.52. The maximum atomic E-state index is 11.6. The highest BCUT2D eigenvalue weighted by Crippen LogP contribution is 2.46. The molecule has 1 aromatic heterocycles. The maximum absolute atomic E-state index is 11.6. The molecule has 0 atom stereocenters. The summed E-state index contributed by atoms with van der Waals surface area (Å²) in [4.78, 5) is 11.6. The number of nitrogens with one attached hydrogen (secondary N) is 1. The van der Waals surface area contributed by atoms with Crippen LogP contribution >= 0.6 is 0 Å². The topological polar surface area (TPSA) is 92.0 Å². The Balaban J connectivity index is 2.08. The number of carboxylic acids is 1. The second-order valence-electron chi connectivity index (χ2n) is 5.08. The maximum Gasteiger partial charge on any atom is 0.314 e. The summed E-state index contributed by atoms with van der Waals surface area (Å²) in [5.41, 5.74) is 7.34. The number of H-pyrrole nitrogens is 1. The zero-order valence-corrected chi connectivity index (χ0v) is 10.3. The number of nitrogens with two attached hydrogens (primary N) is 1. The first-order valence-corrected chi connectivity index (χ1v) is 6.22. The van der Waals surface area contributed by atoms with Crippen LogP contribution in [0.4, 0.5) is 0 Å². The minimum absolute atomic E-state index is 0.0466. The summed E-state index contributed by atoms with van der Waals surface area (Å²) in [5, 5.41) is 16.5. The largest absolute Gasteiger partial charge is 0.481 e. The van der Waals surface area contributed by atoms with Gasteiger partial charge in [0.05, 0.1) is 17.3 Å². The molecule has 0 amide bonds. The van der Waals surface area contributed by atoms with Gasteiger partial charge in [-0.25, -0.2) is 0 Å². The van der Waals surface area contributed by atoms with Gasteiger partial charge in [0.1, 0.15) is 0 Å². The van der Waals surface area contributed by atoms with E-state index in [-0.39, 0.29) is 6.04 Å². The lowest BCUT2D eigenvalue weighted by Gasteiger charge is -2.42. The number of aliphatic carboxylic acids is 1. The van der Waals surface area contributed by atoms with Gasteiger partial charge < -0.3 is 10.8 Å². The second-order valence-corrected chi connectivity index (χ2v) is 5.08. The lowest BCUT2D eigenvalue weighted by atomic mass is 9.61. The highest BCUT2D eigenvalue weighted by atomic mass is 16.4. The van der Waals surface area contributed by atoms with Gasteiger partial charge in [-0.05, 0) is 18.4 Å². The molecule has 4 N–H and O–H groups in total. The molecule has 2 aromatic rings. The van der Waals surface area contributed by atoms with Crippen molar-refractivity contribution < 1.29 is 9.90 Å². The Morgan fingerprint density at radius 1 is 1.37 bits per heavy atom. The van der Waals surface area contributed by atoms with Gasteiger partial charge in [-0.15, -0.1) is 0 Å². The van der Waals surface area contributed by atoms with E-state index in [2.05, 4.69) is 10.2 Å². The van der Waals surface area contributed by atoms with E-state index in [9.17, 15) is 9.90 Å². The molecule has 1 saturated carbocycles. The van der Waals surface area contributed by atoms with Crippen LogP contribution in [0.3, 0.4) is 0 Å². The fourth-order valence-corrected chi connectivity index (χ4v) is 2.82. The van der Waals surface area contributed by atoms with E-state index in [0.29, 0.717) is 12.8 Å². The van der Waals surface area contributed by atoms with Crippen molar-refractivity contribution in [3.05, 3.63) is 42.1 Å². The summed E-state index contributed by atoms with van der Waals surface area (Å²) in [6.45, 7) is 0. The van der Waals surface area contributed by atoms with E-state index in [1.807, 2.05) is 30.3 Å². The molecule has 1 aliphatic rings. The third kappa shape index (κ3) is 1.74. The third-order valence-corrected chi connectivity index (χ3v) is 3.85. The average molecular weight is 257 g/mol. The molecule has 5 nitrogen and oxygen atoms in total. The number of carboxylic acid groups (broad SMARTS) is 1. The lowest BCUT2D eigenvalue weighted by Crippen LogP contribution is -2.54. The summed E-state index contributed by atoms with van der Waals surface area (Å²) in [5.74, 6) is -0.826. The highest BCUT2D eigenvalue weighted by molar-refractivity contribution is 5.86. The monoisotopic (exact) mass is 257 g/mol. The van der Waals surface area contributed by atoms with Crippen LogP contribution in [0, 0.1) is 0 Å². The van der Waals surface area contributed by atoms with E-state index >= 15 is 0 Å². The van der Waals surface area contributed by atoms with Gasteiger partial charge in [0.15, 0.2) is 0 Å². The molecule has 3 rings (SSSR count). The van der Waals surface area contributed by atoms with E-state index < -0.39 is 11.4 Å². The van der Waals surface area contributed by atoms with Crippen LogP contribution in [0.1, 0.15) is 18.4 Å². The van der Waals surface area contributed by atoms with Crippen LogP contribution in [-0.2, 0) is 10.2 Å². The standard InChI is InChI=1S/C14H15N3O2/c15-10-6-14(7-10,13(18)19)11-8-16-17-12(11)9-4-2-1-3-5-9/h1-5,8,10H,6-7,15H2,(H,16,17)(H,18,19). The van der Waals surface area contributed by atoms with Crippen LogP contribution in [0.2, 0.25) is 0 Å². The molecular weight excluding hydrogens is 242 g/mol. The smallest absolute Gasteiger partial charge is 0.314 e. The minimum Gasteiger partial charge on any atom is -0.481 e. The normalized spacial score (nSPS) is 25.8. The molecule has 0 spiro atoms. The number of rotatable bonds is 3. The molecule has 0 aliphatic heterocycles. The number of aromatic nitrogens is 2. The zero-order valence-electron chi connectivity index (χ0n) is 10.3. The number of hydrogen-bond donors (Lipinski definition) is 3. The average Bonchev–Trinajstić information content (AvgIpc) is 2.84. The third-order valence-electron chi connectivity index (χ3n) is 3.85. The molecule has 1 aliphatic carbocycles. The number of benzene rings is 1. The van der Waals surface area contributed by atoms with Gasteiger partial charge in [-0.1, -0.05) is 30.3 Å². The summed E-state index contributed by atoms with van der Waals surface area (Å²) in [6.07, 6.45) is 2.53. The molecule has 1 fully saturated rings. The Hall–Kier alpha value is -2.14. The van der Waals surface area contributed by atoms with Gasteiger partial charge in [-0.2, -0.15) is 5.10 Å². The van der Waals surface area contributed by atoms with Crippen molar-refractivity contribution in [2.45, 2.75) is 24.3 Å². The van der Waals surface area contributed by atoms with Crippen LogP contribution in [-0.4, -0.2) is 27.3 Å². The summed E-state index contributed by atoms with van der Waals surface area (Å²) >= 11 is 0.